The van der Waals surface area contributed by atoms with Gasteiger partial charge in [0.25, 0.3) is 0 Å². The summed E-state index contributed by atoms with van der Waals surface area (Å²) in [7, 11) is -4.90. The molecule has 1 saturated heterocycles. The summed E-state index contributed by atoms with van der Waals surface area (Å²) in [6.07, 6.45) is 2.57. The Morgan fingerprint density at radius 1 is 1.46 bits per heavy atom. The van der Waals surface area contributed by atoms with Gasteiger partial charge in [0, 0.05) is 18.0 Å². The number of amides is 3. The molecule has 14 heteroatoms. The summed E-state index contributed by atoms with van der Waals surface area (Å²) in [6.45, 7) is 1.54. The Morgan fingerprint density at radius 2 is 2.14 bits per heavy atom. The molecule has 0 aliphatic carbocycles. The number of hydrogen-bond donors (Lipinski definition) is 4. The quantitative estimate of drug-likeness (QED) is 0.210. The van der Waals surface area contributed by atoms with E-state index in [2.05, 4.69) is 14.6 Å². The van der Waals surface area contributed by atoms with E-state index in [9.17, 15) is 27.9 Å². The molecule has 2 aliphatic heterocycles. The number of nitrogens with zero attached hydrogens (tertiary/aromatic N) is 2. The van der Waals surface area contributed by atoms with Crippen molar-refractivity contribution in [3.8, 4) is 5.75 Å². The van der Waals surface area contributed by atoms with Crippen molar-refractivity contribution in [1.82, 2.24) is 20.3 Å². The van der Waals surface area contributed by atoms with Gasteiger partial charge in [-0.05, 0) is 12.5 Å². The second-order valence-corrected chi connectivity index (χ2v) is 7.06. The minimum Gasteiger partial charge on any atom is -1.00 e. The number of carbonyl (C=O) groups excluding carboxylic acids is 2. The third kappa shape index (κ3) is 4.56. The van der Waals surface area contributed by atoms with Gasteiger partial charge in [-0.25, -0.2) is 4.79 Å². The number of rotatable bonds is 5. The van der Waals surface area contributed by atoms with Crippen LogP contribution >= 0.6 is 0 Å². The summed E-state index contributed by atoms with van der Waals surface area (Å²) < 4.78 is 35.0. The Hall–Kier alpha value is -1.90. The number of fused-ring (bicyclic) bond motifs is 2. The first-order chi connectivity index (χ1) is 12.6. The maximum absolute atomic E-state index is 12.5. The molecule has 3 heterocycles. The van der Waals surface area contributed by atoms with Gasteiger partial charge in [0.05, 0.1) is 13.1 Å². The number of carbonyl (C=O) groups is 2. The largest absolute Gasteiger partial charge is 1.00 e. The summed E-state index contributed by atoms with van der Waals surface area (Å²) in [5.41, 5.74) is 0.241. The summed E-state index contributed by atoms with van der Waals surface area (Å²) in [5, 5.41) is 12.3. The van der Waals surface area contributed by atoms with Crippen LogP contribution in [0.2, 0.25) is 0 Å². The van der Waals surface area contributed by atoms with Crippen molar-refractivity contribution in [3.05, 3.63) is 39.8 Å². The van der Waals surface area contributed by atoms with E-state index in [0.29, 0.717) is 16.3 Å². The molecule has 2 bridgehead atoms. The molecule has 3 rings (SSSR count). The maximum Gasteiger partial charge on any atom is 1.00 e. The Labute approximate surface area is 182 Å². The predicted octanol–water partition coefficient (Wildman–Crippen LogP) is -4.02. The van der Waals surface area contributed by atoms with Crippen molar-refractivity contribution in [3.63, 3.8) is 0 Å². The number of H-pyrrole nitrogens is 1. The Morgan fingerprint density at radius 3 is 2.75 bits per heavy atom. The zero-order valence-electron chi connectivity index (χ0n) is 15.9. The number of hydrogen-bond acceptors (Lipinski definition) is 7. The van der Waals surface area contributed by atoms with Gasteiger partial charge in [0.2, 0.25) is 11.3 Å². The molecule has 1 aromatic rings. The minimum absolute atomic E-state index is 0. The monoisotopic (exact) mass is 424 g/mol. The van der Waals surface area contributed by atoms with Crippen molar-refractivity contribution in [2.45, 2.75) is 25.6 Å². The van der Waals surface area contributed by atoms with Crippen LogP contribution < -0.4 is 40.3 Å². The molecule has 1 aromatic heterocycles. The minimum atomic E-state index is -4.90. The van der Waals surface area contributed by atoms with Gasteiger partial charge in [0.15, 0.2) is 5.75 Å². The van der Waals surface area contributed by atoms with Crippen LogP contribution in [0, 0.1) is 0 Å². The standard InChI is InChI=1S/C14H16N4O8S.Na.H/c1-7-2-9(13(21)16-4-8-3-11(19)12(20)5-15-8)17-6-10(7)18(14(17)22)26-27(23,24)25;;/h2-3,5,9-10,20H,4,6H2,1H3,(H,15,19)(H,16,21)(H,23,24,25);;/q;+1;-1. The maximum atomic E-state index is 12.5. The third-order valence-electron chi connectivity index (χ3n) is 4.22. The smallest absolute Gasteiger partial charge is 1.00 e. The van der Waals surface area contributed by atoms with Gasteiger partial charge >= 0.3 is 46.0 Å². The molecular weight excluding hydrogens is 407 g/mol. The van der Waals surface area contributed by atoms with E-state index >= 15 is 0 Å². The van der Waals surface area contributed by atoms with Crippen LogP contribution in [0.3, 0.4) is 0 Å². The van der Waals surface area contributed by atoms with E-state index < -0.39 is 45.6 Å². The van der Waals surface area contributed by atoms with E-state index in [1.807, 2.05) is 0 Å². The van der Waals surface area contributed by atoms with Gasteiger partial charge in [-0.15, -0.1) is 4.28 Å². The summed E-state index contributed by atoms with van der Waals surface area (Å²) in [6, 6.07) is -1.54. The van der Waals surface area contributed by atoms with Crippen molar-refractivity contribution in [2.75, 3.05) is 6.54 Å². The topological polar surface area (TPSA) is 169 Å². The number of urea groups is 1. The van der Waals surface area contributed by atoms with Crippen LogP contribution in [0.15, 0.2) is 28.7 Å². The first kappa shape index (κ1) is 22.4. The molecule has 2 aliphatic rings. The predicted molar refractivity (Wildman–Crippen MR) is 89.6 cm³/mol. The SMILES string of the molecule is CC1=CC(C(=O)NCc2cc(=O)c(O)c[nH]2)N2CC1N(OS(=O)(=O)O)C2=O.[H-].[Na+]. The van der Waals surface area contributed by atoms with Crippen LogP contribution in [-0.2, 0) is 26.0 Å². The summed E-state index contributed by atoms with van der Waals surface area (Å²) in [4.78, 5) is 39.9. The van der Waals surface area contributed by atoms with Crippen molar-refractivity contribution in [1.29, 1.82) is 0 Å². The van der Waals surface area contributed by atoms with E-state index in [1.54, 1.807) is 6.92 Å². The average molecular weight is 424 g/mol. The molecule has 1 fully saturated rings. The van der Waals surface area contributed by atoms with Gasteiger partial charge in [-0.3, -0.25) is 14.1 Å². The van der Waals surface area contributed by atoms with Crippen LogP contribution in [0.4, 0.5) is 4.79 Å². The Bertz CT molecular complexity index is 998. The van der Waals surface area contributed by atoms with E-state index in [1.165, 1.54) is 6.08 Å². The van der Waals surface area contributed by atoms with Crippen molar-refractivity contribution in [2.24, 2.45) is 0 Å². The molecule has 3 amide bonds. The fourth-order valence-electron chi connectivity index (χ4n) is 2.91. The molecule has 2 unspecified atom stereocenters. The Balaban J connectivity index is 0.00000210. The molecule has 0 radical (unpaired) electrons. The molecule has 0 aromatic carbocycles. The second kappa shape index (κ2) is 8.23. The number of aromatic amines is 1. The van der Waals surface area contributed by atoms with E-state index in [0.717, 1.165) is 17.2 Å². The van der Waals surface area contributed by atoms with Gasteiger partial charge in [-0.2, -0.15) is 13.5 Å². The molecule has 0 saturated carbocycles. The van der Waals surface area contributed by atoms with E-state index in [4.69, 9.17) is 4.55 Å². The zero-order chi connectivity index (χ0) is 19.9. The number of nitrogens with one attached hydrogen (secondary N) is 2. The molecule has 148 valence electrons. The molecule has 28 heavy (non-hydrogen) atoms. The van der Waals surface area contributed by atoms with Crippen LogP contribution in [-0.4, -0.2) is 63.6 Å². The fraction of sp³-hybridized carbons (Fsp3) is 0.357. The summed E-state index contributed by atoms with van der Waals surface area (Å²) in [5.74, 6) is -1.02. The fourth-order valence-corrected chi connectivity index (χ4v) is 3.28. The average Bonchev–Trinajstić information content (AvgIpc) is 2.84. The molecule has 12 nitrogen and oxygen atoms in total. The first-order valence-corrected chi connectivity index (χ1v) is 9.07. The van der Waals surface area contributed by atoms with E-state index in [-0.39, 0.29) is 44.1 Å². The molecule has 4 N–H and O–H groups in total. The first-order valence-electron chi connectivity index (χ1n) is 7.70. The van der Waals surface area contributed by atoms with Crippen LogP contribution in [0.5, 0.6) is 5.75 Å². The zero-order valence-corrected chi connectivity index (χ0v) is 17.8. The normalized spacial score (nSPS) is 21.2. The van der Waals surface area contributed by atoms with Crippen LogP contribution in [0.1, 0.15) is 14.0 Å². The second-order valence-electron chi connectivity index (χ2n) is 6.06. The van der Waals surface area contributed by atoms with Gasteiger partial charge in [0.1, 0.15) is 12.1 Å². The Kier molecular flexibility index (Phi) is 6.58. The van der Waals surface area contributed by atoms with Gasteiger partial charge < -0.3 is 21.7 Å². The van der Waals surface area contributed by atoms with Crippen molar-refractivity contribution >= 4 is 22.3 Å². The number of aromatic hydroxyl groups is 1. The number of aromatic nitrogens is 1. The molecular formula is C14H17N4NaO8S. The molecule has 0 spiro atoms. The van der Waals surface area contributed by atoms with Gasteiger partial charge in [-0.1, -0.05) is 6.08 Å². The third-order valence-corrected chi connectivity index (χ3v) is 4.57. The van der Waals surface area contributed by atoms with Crippen molar-refractivity contribution < 1.29 is 62.9 Å². The number of pyridine rings is 1. The molecule has 2 atom stereocenters. The van der Waals surface area contributed by atoms with Crippen LogP contribution in [0.25, 0.3) is 0 Å². The summed E-state index contributed by atoms with van der Waals surface area (Å²) >= 11 is 0. The number of hydroxylamine groups is 2.